The van der Waals surface area contributed by atoms with Crippen LogP contribution in [0.15, 0.2) is 47.2 Å². The number of amidine groups is 1. The molecule has 1 aromatic heterocycles. The third kappa shape index (κ3) is 2.03. The largest absolute Gasteiger partial charge is 0.316 e. The van der Waals surface area contributed by atoms with Gasteiger partial charge in [-0.05, 0) is 17.7 Å². The summed E-state index contributed by atoms with van der Waals surface area (Å²) in [4.78, 5) is 3.90. The van der Waals surface area contributed by atoms with Crippen LogP contribution in [0.2, 0.25) is 0 Å². The van der Waals surface area contributed by atoms with Crippen LogP contribution in [-0.4, -0.2) is 20.6 Å². The number of rotatable bonds is 3. The van der Waals surface area contributed by atoms with Gasteiger partial charge in [0.1, 0.15) is 17.8 Å². The first-order chi connectivity index (χ1) is 8.42. The molecule has 1 N–H and O–H groups in total. The first-order valence-electron chi connectivity index (χ1n) is 5.07. The molecule has 1 radical (unpaired) electrons. The van der Waals surface area contributed by atoms with Gasteiger partial charge in [-0.2, -0.15) is 5.10 Å². The van der Waals surface area contributed by atoms with Crippen molar-refractivity contribution in [3.63, 3.8) is 0 Å². The molecule has 7 heteroatoms. The van der Waals surface area contributed by atoms with Gasteiger partial charge in [0.2, 0.25) is 5.22 Å². The molecule has 1 aliphatic rings. The van der Waals surface area contributed by atoms with E-state index in [1.54, 1.807) is 11.0 Å². The fourth-order valence-electron chi connectivity index (χ4n) is 1.55. The highest BCUT2D eigenvalue weighted by atomic mass is 15.6. The van der Waals surface area contributed by atoms with Crippen LogP contribution in [0.3, 0.4) is 0 Å². The number of hydrogen-bond acceptors (Lipinski definition) is 6. The topological polar surface area (TPSA) is 81.6 Å². The maximum atomic E-state index is 4.05. The van der Waals surface area contributed by atoms with Gasteiger partial charge in [-0.1, -0.05) is 12.1 Å². The normalized spacial score (nSPS) is 13.5. The van der Waals surface area contributed by atoms with Crippen molar-refractivity contribution in [1.29, 1.82) is 0 Å². The molecule has 1 aliphatic heterocycles. The second-order valence-electron chi connectivity index (χ2n) is 3.54. The molecule has 7 nitrogen and oxygen atoms in total. The van der Waals surface area contributed by atoms with Crippen molar-refractivity contribution in [3.8, 4) is 0 Å². The van der Waals surface area contributed by atoms with Crippen molar-refractivity contribution >= 4 is 5.84 Å². The molecule has 0 atom stereocenters. The van der Waals surface area contributed by atoms with E-state index in [-0.39, 0.29) is 0 Å². The van der Waals surface area contributed by atoms with E-state index in [2.05, 4.69) is 31.1 Å². The number of nitrogens with one attached hydrogen (secondary N) is 1. The summed E-state index contributed by atoms with van der Waals surface area (Å²) < 4.78 is 1.77. The lowest BCUT2D eigenvalue weighted by molar-refractivity contribution is 0.685. The number of nitrogens with zero attached hydrogens (tertiary/aromatic N) is 6. The van der Waals surface area contributed by atoms with Crippen LogP contribution in [0.4, 0.5) is 0 Å². The van der Waals surface area contributed by atoms with Crippen molar-refractivity contribution in [2.75, 3.05) is 0 Å². The SMILES string of the molecule is c1ncn(Cc2ccc(C3=NN=[N+]N3)cc2)n1. The molecule has 2 aromatic rings. The monoisotopic (exact) mass is 227 g/mol. The fourth-order valence-corrected chi connectivity index (χ4v) is 1.55. The highest BCUT2D eigenvalue weighted by Gasteiger charge is 2.16. The molecule has 2 heterocycles. The van der Waals surface area contributed by atoms with Crippen molar-refractivity contribution in [2.45, 2.75) is 6.54 Å². The minimum absolute atomic E-state index is 0.664. The zero-order valence-corrected chi connectivity index (χ0v) is 8.85. The zero-order valence-electron chi connectivity index (χ0n) is 8.85. The lowest BCUT2D eigenvalue weighted by Crippen LogP contribution is -2.20. The molecule has 0 unspecified atom stereocenters. The number of aromatic nitrogens is 3. The van der Waals surface area contributed by atoms with E-state index in [9.17, 15) is 0 Å². The molecule has 0 bridgehead atoms. The van der Waals surface area contributed by atoms with E-state index in [4.69, 9.17) is 0 Å². The Morgan fingerprint density at radius 3 is 2.76 bits per heavy atom. The second kappa shape index (κ2) is 4.12. The van der Waals surface area contributed by atoms with Gasteiger partial charge in [0.25, 0.3) is 0 Å². The van der Waals surface area contributed by atoms with E-state index in [0.717, 1.165) is 11.1 Å². The Labute approximate surface area is 96.9 Å². The highest BCUT2D eigenvalue weighted by molar-refractivity contribution is 5.98. The van der Waals surface area contributed by atoms with E-state index in [1.165, 1.54) is 6.33 Å². The van der Waals surface area contributed by atoms with Gasteiger partial charge in [0.15, 0.2) is 5.22 Å². The van der Waals surface area contributed by atoms with Crippen molar-refractivity contribution in [3.05, 3.63) is 48.0 Å². The summed E-state index contributed by atoms with van der Waals surface area (Å²) in [6.45, 7) is 0.703. The summed E-state index contributed by atoms with van der Waals surface area (Å²) in [6, 6.07) is 7.96. The molecule has 83 valence electrons. The van der Waals surface area contributed by atoms with Gasteiger partial charge in [-0.3, -0.25) is 0 Å². The number of benzene rings is 1. The standard InChI is InChI=1S/C10H9N7/c1-3-9(10-13-15-16-14-10)4-2-8(1)5-17-7-11-6-12-17/h1-4,6-7H,5H2,(H,13,14,15)/q+1. The van der Waals surface area contributed by atoms with Gasteiger partial charge in [-0.25, -0.2) is 9.67 Å². The Balaban J connectivity index is 1.76. The van der Waals surface area contributed by atoms with Crippen LogP contribution >= 0.6 is 0 Å². The molecule has 3 rings (SSSR count). The molecule has 0 spiro atoms. The molecular formula is C10H9N7+. The summed E-state index contributed by atoms with van der Waals surface area (Å²) in [6.07, 6.45) is 3.21. The third-order valence-corrected chi connectivity index (χ3v) is 2.38. The molecular weight excluding hydrogens is 218 g/mol. The molecule has 17 heavy (non-hydrogen) atoms. The molecule has 0 fully saturated rings. The summed E-state index contributed by atoms with van der Waals surface area (Å²) in [5.41, 5.74) is 4.82. The average Bonchev–Trinajstić information content (AvgIpc) is 3.01. The molecule has 1 aromatic carbocycles. The van der Waals surface area contributed by atoms with Crippen LogP contribution in [0.25, 0.3) is 0 Å². The predicted molar refractivity (Wildman–Crippen MR) is 59.8 cm³/mol. The van der Waals surface area contributed by atoms with Crippen molar-refractivity contribution in [2.24, 2.45) is 10.3 Å². The smallest absolute Gasteiger partial charge is 0.249 e. The summed E-state index contributed by atoms with van der Waals surface area (Å²) in [5.74, 6) is 0.664. The zero-order chi connectivity index (χ0) is 11.5. The van der Waals surface area contributed by atoms with Crippen molar-refractivity contribution < 1.29 is 0 Å². The third-order valence-electron chi connectivity index (χ3n) is 2.38. The minimum atomic E-state index is 0.664. The Morgan fingerprint density at radius 1 is 1.24 bits per heavy atom. The maximum Gasteiger partial charge on any atom is 0.316 e. The Kier molecular flexibility index (Phi) is 2.34. The van der Waals surface area contributed by atoms with Gasteiger partial charge < -0.3 is 0 Å². The van der Waals surface area contributed by atoms with Gasteiger partial charge >= 0.3 is 5.84 Å². The first-order valence-corrected chi connectivity index (χ1v) is 5.07. The summed E-state index contributed by atoms with van der Waals surface area (Å²) in [7, 11) is 0. The van der Waals surface area contributed by atoms with Crippen LogP contribution < -0.4 is 10.6 Å². The lowest BCUT2D eigenvalue weighted by atomic mass is 10.1. The van der Waals surface area contributed by atoms with Gasteiger partial charge in [0.05, 0.1) is 6.54 Å². The van der Waals surface area contributed by atoms with E-state index >= 15 is 0 Å². The molecule has 0 saturated heterocycles. The Morgan fingerprint density at radius 2 is 2.12 bits per heavy atom. The number of hydrogen-bond donors (Lipinski definition) is 1. The highest BCUT2D eigenvalue weighted by Crippen LogP contribution is 2.07. The average molecular weight is 227 g/mol. The van der Waals surface area contributed by atoms with Crippen LogP contribution in [0.1, 0.15) is 11.1 Å². The first kappa shape index (κ1) is 9.64. The lowest BCUT2D eigenvalue weighted by Gasteiger charge is -2.01. The Bertz CT molecular complexity index is 553. The summed E-state index contributed by atoms with van der Waals surface area (Å²) in [5, 5.41) is 15.0. The molecule has 0 saturated carbocycles. The van der Waals surface area contributed by atoms with Crippen LogP contribution in [0, 0.1) is 0 Å². The van der Waals surface area contributed by atoms with Gasteiger partial charge in [0, 0.05) is 5.56 Å². The van der Waals surface area contributed by atoms with Gasteiger partial charge in [-0.15, -0.1) is 5.43 Å². The predicted octanol–water partition coefficient (Wildman–Crippen LogP) is 0.294. The van der Waals surface area contributed by atoms with E-state index < -0.39 is 0 Å². The van der Waals surface area contributed by atoms with Crippen molar-refractivity contribution in [1.82, 2.24) is 25.4 Å². The van der Waals surface area contributed by atoms with E-state index in [0.29, 0.717) is 12.4 Å². The van der Waals surface area contributed by atoms with Crippen LogP contribution in [-0.2, 0) is 6.54 Å². The minimum Gasteiger partial charge on any atom is -0.249 e. The fraction of sp³-hybridized carbons (Fsp3) is 0.100. The quantitative estimate of drug-likeness (QED) is 0.818. The second-order valence-corrected chi connectivity index (χ2v) is 3.54. The summed E-state index contributed by atoms with van der Waals surface area (Å²) >= 11 is 0. The molecule has 0 aliphatic carbocycles. The van der Waals surface area contributed by atoms with Crippen LogP contribution in [0.5, 0.6) is 0 Å². The Hall–Kier alpha value is -2.57. The van der Waals surface area contributed by atoms with E-state index in [1.807, 2.05) is 24.3 Å². The molecule has 0 amide bonds. The maximum absolute atomic E-state index is 4.05.